The molecule has 0 bridgehead atoms. The van der Waals surface area contributed by atoms with Gasteiger partial charge in [0, 0.05) is 30.2 Å². The predicted octanol–water partition coefficient (Wildman–Crippen LogP) is 3.76. The van der Waals surface area contributed by atoms with Crippen LogP contribution < -0.4 is 10.1 Å². The molecule has 0 atom stereocenters. The molecule has 3 rings (SSSR count). The number of pyridine rings is 3. The average molecular weight is 380 g/mol. The van der Waals surface area contributed by atoms with Gasteiger partial charge in [0.1, 0.15) is 11.6 Å². The van der Waals surface area contributed by atoms with Crippen LogP contribution in [0.25, 0.3) is 0 Å². The average Bonchev–Trinajstić information content (AvgIpc) is 2.72. The van der Waals surface area contributed by atoms with Crippen LogP contribution in [0.2, 0.25) is 0 Å². The van der Waals surface area contributed by atoms with Gasteiger partial charge >= 0.3 is 0 Å². The molecule has 3 aromatic rings. The molecule has 3 heterocycles. The van der Waals surface area contributed by atoms with Gasteiger partial charge in [-0.25, -0.2) is 14.4 Å². The molecule has 144 valence electrons. The van der Waals surface area contributed by atoms with Crippen molar-refractivity contribution in [2.75, 3.05) is 12.4 Å². The maximum absolute atomic E-state index is 13.5. The fourth-order valence-electron chi connectivity index (χ4n) is 2.73. The number of aryl methyl sites for hydroxylation is 2. The molecule has 1 amide bonds. The molecule has 0 unspecified atom stereocenters. The van der Waals surface area contributed by atoms with Gasteiger partial charge in [-0.3, -0.25) is 9.78 Å². The van der Waals surface area contributed by atoms with Gasteiger partial charge in [-0.1, -0.05) is 12.1 Å². The quantitative estimate of drug-likeness (QED) is 0.675. The molecule has 7 heteroatoms. The van der Waals surface area contributed by atoms with E-state index in [2.05, 4.69) is 20.3 Å². The zero-order chi connectivity index (χ0) is 19.9. The Morgan fingerprint density at radius 1 is 1.04 bits per heavy atom. The van der Waals surface area contributed by atoms with Crippen LogP contribution in [0.1, 0.15) is 33.5 Å². The van der Waals surface area contributed by atoms with E-state index in [9.17, 15) is 9.18 Å². The minimum absolute atomic E-state index is 0.193. The van der Waals surface area contributed by atoms with E-state index in [0.29, 0.717) is 11.7 Å². The fourth-order valence-corrected chi connectivity index (χ4v) is 2.73. The monoisotopic (exact) mass is 380 g/mol. The minimum atomic E-state index is -0.511. The molecule has 28 heavy (non-hydrogen) atoms. The SMILES string of the molecule is COc1ccc(CCCc2ccc(NC(=O)c3cncc(F)c3C)nc2)cn1. The lowest BCUT2D eigenvalue weighted by Crippen LogP contribution is -2.15. The molecule has 0 spiro atoms. The van der Waals surface area contributed by atoms with Gasteiger partial charge in [0.15, 0.2) is 0 Å². The lowest BCUT2D eigenvalue weighted by molar-refractivity contribution is 0.102. The van der Waals surface area contributed by atoms with Crippen LogP contribution in [0.15, 0.2) is 49.1 Å². The molecule has 0 saturated heterocycles. The van der Waals surface area contributed by atoms with Crippen molar-refractivity contribution in [1.29, 1.82) is 0 Å². The predicted molar refractivity (Wildman–Crippen MR) is 104 cm³/mol. The van der Waals surface area contributed by atoms with Gasteiger partial charge < -0.3 is 10.1 Å². The maximum atomic E-state index is 13.5. The summed E-state index contributed by atoms with van der Waals surface area (Å²) in [4.78, 5) is 24.5. The summed E-state index contributed by atoms with van der Waals surface area (Å²) >= 11 is 0. The number of hydrogen-bond donors (Lipinski definition) is 1. The van der Waals surface area contributed by atoms with Gasteiger partial charge in [0.25, 0.3) is 5.91 Å². The number of rotatable bonds is 7. The third-order valence-electron chi connectivity index (χ3n) is 4.40. The number of nitrogens with zero attached hydrogens (tertiary/aromatic N) is 3. The molecule has 0 saturated carbocycles. The summed E-state index contributed by atoms with van der Waals surface area (Å²) < 4.78 is 18.6. The smallest absolute Gasteiger partial charge is 0.258 e. The van der Waals surface area contributed by atoms with Crippen molar-refractivity contribution in [3.05, 3.63) is 77.1 Å². The number of nitrogens with one attached hydrogen (secondary N) is 1. The number of ether oxygens (including phenoxy) is 1. The molecule has 0 radical (unpaired) electrons. The second-order valence-electron chi connectivity index (χ2n) is 6.36. The van der Waals surface area contributed by atoms with Crippen LogP contribution in [0.3, 0.4) is 0 Å². The minimum Gasteiger partial charge on any atom is -0.481 e. The van der Waals surface area contributed by atoms with Crippen molar-refractivity contribution in [1.82, 2.24) is 15.0 Å². The van der Waals surface area contributed by atoms with E-state index >= 15 is 0 Å². The Balaban J connectivity index is 1.53. The molecule has 1 N–H and O–H groups in total. The van der Waals surface area contributed by atoms with Gasteiger partial charge in [-0.15, -0.1) is 0 Å². The second kappa shape index (κ2) is 9.03. The summed E-state index contributed by atoms with van der Waals surface area (Å²) in [5.41, 5.74) is 2.68. The zero-order valence-corrected chi connectivity index (χ0v) is 15.8. The first-order valence-corrected chi connectivity index (χ1v) is 8.92. The van der Waals surface area contributed by atoms with E-state index < -0.39 is 11.7 Å². The fraction of sp³-hybridized carbons (Fsp3) is 0.238. The van der Waals surface area contributed by atoms with Gasteiger partial charge in [-0.2, -0.15) is 0 Å². The molecular weight excluding hydrogens is 359 g/mol. The zero-order valence-electron chi connectivity index (χ0n) is 15.8. The molecule has 0 aromatic carbocycles. The van der Waals surface area contributed by atoms with Crippen molar-refractivity contribution in [2.45, 2.75) is 26.2 Å². The summed E-state index contributed by atoms with van der Waals surface area (Å²) in [7, 11) is 1.59. The van der Waals surface area contributed by atoms with E-state index in [1.165, 1.54) is 6.20 Å². The Labute approximate surface area is 162 Å². The van der Waals surface area contributed by atoms with E-state index in [0.717, 1.165) is 36.6 Å². The topological polar surface area (TPSA) is 77.0 Å². The number of amides is 1. The first-order chi connectivity index (χ1) is 13.6. The molecule has 0 aliphatic carbocycles. The number of aromatic nitrogens is 3. The lowest BCUT2D eigenvalue weighted by Gasteiger charge is -2.08. The summed E-state index contributed by atoms with van der Waals surface area (Å²) in [6.07, 6.45) is 8.70. The first kappa shape index (κ1) is 19.4. The Hall–Kier alpha value is -3.35. The summed E-state index contributed by atoms with van der Waals surface area (Å²) in [5.74, 6) is 0.0753. The molecule has 3 aromatic heterocycles. The largest absolute Gasteiger partial charge is 0.481 e. The number of halogens is 1. The van der Waals surface area contributed by atoms with Crippen LogP contribution in [0.5, 0.6) is 5.88 Å². The Bertz CT molecular complexity index is 944. The number of carbonyl (C=O) groups excluding carboxylic acids is 1. The summed E-state index contributed by atoms with van der Waals surface area (Å²) in [5, 5.41) is 2.67. The normalized spacial score (nSPS) is 10.5. The van der Waals surface area contributed by atoms with Crippen molar-refractivity contribution in [3.8, 4) is 5.88 Å². The summed E-state index contributed by atoms with van der Waals surface area (Å²) in [6.45, 7) is 1.54. The highest BCUT2D eigenvalue weighted by Crippen LogP contribution is 2.14. The number of methoxy groups -OCH3 is 1. The maximum Gasteiger partial charge on any atom is 0.258 e. The third kappa shape index (κ3) is 4.88. The Morgan fingerprint density at radius 3 is 2.36 bits per heavy atom. The van der Waals surface area contributed by atoms with E-state index in [1.54, 1.807) is 26.3 Å². The molecule has 0 fully saturated rings. The molecule has 6 nitrogen and oxygen atoms in total. The number of carbonyl (C=O) groups is 1. The van der Waals surface area contributed by atoms with E-state index in [4.69, 9.17) is 4.74 Å². The van der Waals surface area contributed by atoms with Crippen LogP contribution >= 0.6 is 0 Å². The Kier molecular flexibility index (Phi) is 6.26. The highest BCUT2D eigenvalue weighted by atomic mass is 19.1. The van der Waals surface area contributed by atoms with Crippen LogP contribution in [-0.2, 0) is 12.8 Å². The third-order valence-corrected chi connectivity index (χ3v) is 4.40. The van der Waals surface area contributed by atoms with Crippen molar-refractivity contribution in [3.63, 3.8) is 0 Å². The molecule has 0 aliphatic rings. The van der Waals surface area contributed by atoms with Crippen LogP contribution in [0.4, 0.5) is 10.2 Å². The standard InChI is InChI=1S/C21H21FN4O2/c1-14-17(12-23-13-18(14)22)21(27)26-19-8-6-15(10-24-19)4-3-5-16-7-9-20(28-2)25-11-16/h6-13H,3-5H2,1-2H3,(H,24,26,27). The van der Waals surface area contributed by atoms with Crippen molar-refractivity contribution < 1.29 is 13.9 Å². The van der Waals surface area contributed by atoms with Gasteiger partial charge in [0.2, 0.25) is 5.88 Å². The molecular formula is C21H21FN4O2. The first-order valence-electron chi connectivity index (χ1n) is 8.92. The van der Waals surface area contributed by atoms with Crippen molar-refractivity contribution in [2.24, 2.45) is 0 Å². The van der Waals surface area contributed by atoms with Crippen LogP contribution in [0, 0.1) is 12.7 Å². The van der Waals surface area contributed by atoms with Gasteiger partial charge in [0.05, 0.1) is 18.9 Å². The van der Waals surface area contributed by atoms with Gasteiger partial charge in [-0.05, 0) is 43.4 Å². The van der Waals surface area contributed by atoms with E-state index in [-0.39, 0.29) is 11.1 Å². The lowest BCUT2D eigenvalue weighted by atomic mass is 10.1. The van der Waals surface area contributed by atoms with Crippen LogP contribution in [-0.4, -0.2) is 28.0 Å². The van der Waals surface area contributed by atoms with E-state index in [1.807, 2.05) is 24.4 Å². The molecule has 0 aliphatic heterocycles. The number of hydrogen-bond acceptors (Lipinski definition) is 5. The highest BCUT2D eigenvalue weighted by Gasteiger charge is 2.13. The number of anilines is 1. The van der Waals surface area contributed by atoms with Crippen molar-refractivity contribution >= 4 is 11.7 Å². The summed E-state index contributed by atoms with van der Waals surface area (Å²) in [6, 6.07) is 7.52. The Morgan fingerprint density at radius 2 is 1.75 bits per heavy atom. The second-order valence-corrected chi connectivity index (χ2v) is 6.36. The highest BCUT2D eigenvalue weighted by molar-refractivity contribution is 6.04.